The lowest BCUT2D eigenvalue weighted by Gasteiger charge is -2.26. The van der Waals surface area contributed by atoms with Gasteiger partial charge in [0.25, 0.3) is 0 Å². The van der Waals surface area contributed by atoms with Gasteiger partial charge in [-0.15, -0.1) is 0 Å². The van der Waals surface area contributed by atoms with Crippen LogP contribution in [0.4, 0.5) is 0 Å². The van der Waals surface area contributed by atoms with Crippen LogP contribution in [0.3, 0.4) is 0 Å². The third-order valence-corrected chi connectivity index (χ3v) is 5.24. The average molecular weight is 372 g/mol. The highest BCUT2D eigenvalue weighted by atomic mass is 32.2. The van der Waals surface area contributed by atoms with E-state index < -0.39 is 0 Å². The molecule has 0 spiro atoms. The summed E-state index contributed by atoms with van der Waals surface area (Å²) in [4.78, 5) is 26.5. The van der Waals surface area contributed by atoms with Crippen LogP contribution >= 0.6 is 11.8 Å². The number of carbonyl (C=O) groups excluding carboxylic acids is 2. The number of benzene rings is 1. The van der Waals surface area contributed by atoms with Gasteiger partial charge in [-0.1, -0.05) is 55.9 Å². The fourth-order valence-electron chi connectivity index (χ4n) is 3.03. The minimum absolute atomic E-state index is 0.0413. The topological polar surface area (TPSA) is 73.2 Å². The van der Waals surface area contributed by atoms with E-state index in [9.17, 15) is 14.9 Å². The highest BCUT2D eigenvalue weighted by Gasteiger charge is 2.30. The van der Waals surface area contributed by atoms with Crippen LogP contribution in [-0.2, 0) is 9.59 Å². The first-order valence-corrected chi connectivity index (χ1v) is 9.98. The standard InChI is InChI=1S/C20H25N3O2S/c1-3-10-23(11-4-2)19(25)14-26-20-17(13-21)16(12-18(24)22-20)15-8-6-5-7-9-15/h5-9,16H,3-4,10-12,14H2,1-2H3,(H,22,24)/t16-/m1/s1. The van der Waals surface area contributed by atoms with Crippen molar-refractivity contribution in [2.75, 3.05) is 18.8 Å². The molecular formula is C20H25N3O2S. The van der Waals surface area contributed by atoms with Crippen LogP contribution in [0, 0.1) is 11.3 Å². The van der Waals surface area contributed by atoms with Gasteiger partial charge in [0.2, 0.25) is 11.8 Å². The van der Waals surface area contributed by atoms with Gasteiger partial charge in [0.15, 0.2) is 0 Å². The molecule has 1 atom stereocenters. The van der Waals surface area contributed by atoms with Crippen molar-refractivity contribution < 1.29 is 9.59 Å². The summed E-state index contributed by atoms with van der Waals surface area (Å²) in [5, 5.41) is 13.0. The number of nitrogens with zero attached hydrogens (tertiary/aromatic N) is 2. The predicted octanol–water partition coefficient (Wildman–Crippen LogP) is 3.41. The maximum absolute atomic E-state index is 12.5. The molecule has 0 aromatic heterocycles. The van der Waals surface area contributed by atoms with Crippen molar-refractivity contribution >= 4 is 23.6 Å². The largest absolute Gasteiger partial charge is 0.342 e. The molecule has 0 saturated heterocycles. The zero-order valence-corrected chi connectivity index (χ0v) is 16.1. The van der Waals surface area contributed by atoms with Gasteiger partial charge in [-0.3, -0.25) is 9.59 Å². The molecule has 138 valence electrons. The van der Waals surface area contributed by atoms with Crippen molar-refractivity contribution in [3.05, 3.63) is 46.5 Å². The van der Waals surface area contributed by atoms with E-state index in [2.05, 4.69) is 11.4 Å². The fourth-order valence-corrected chi connectivity index (χ4v) is 4.01. The number of carbonyl (C=O) groups is 2. The molecule has 0 saturated carbocycles. The van der Waals surface area contributed by atoms with Crippen LogP contribution in [0.25, 0.3) is 0 Å². The molecule has 1 N–H and O–H groups in total. The summed E-state index contributed by atoms with van der Waals surface area (Å²) >= 11 is 1.25. The molecule has 1 aliphatic heterocycles. The van der Waals surface area contributed by atoms with E-state index in [1.165, 1.54) is 11.8 Å². The van der Waals surface area contributed by atoms with Crippen molar-refractivity contribution in [1.82, 2.24) is 10.2 Å². The smallest absolute Gasteiger partial charge is 0.232 e. The number of nitriles is 1. The number of thioether (sulfide) groups is 1. The normalized spacial score (nSPS) is 16.8. The Morgan fingerprint density at radius 3 is 2.50 bits per heavy atom. The van der Waals surface area contributed by atoms with Crippen LogP contribution in [0.2, 0.25) is 0 Å². The Hall–Kier alpha value is -2.26. The molecule has 2 amide bonds. The predicted molar refractivity (Wildman–Crippen MR) is 104 cm³/mol. The van der Waals surface area contributed by atoms with Crippen molar-refractivity contribution in [2.45, 2.75) is 39.0 Å². The number of amides is 2. The molecule has 1 aromatic rings. The number of nitrogens with one attached hydrogen (secondary N) is 1. The molecule has 26 heavy (non-hydrogen) atoms. The maximum Gasteiger partial charge on any atom is 0.232 e. The van der Waals surface area contributed by atoms with Gasteiger partial charge in [-0.05, 0) is 18.4 Å². The molecule has 0 aliphatic carbocycles. The lowest BCUT2D eigenvalue weighted by molar-refractivity contribution is -0.128. The highest BCUT2D eigenvalue weighted by Crippen LogP contribution is 2.35. The lowest BCUT2D eigenvalue weighted by Crippen LogP contribution is -2.35. The minimum atomic E-state index is -0.255. The second-order valence-electron chi connectivity index (χ2n) is 6.24. The van der Waals surface area contributed by atoms with Crippen LogP contribution in [0.1, 0.15) is 44.6 Å². The van der Waals surface area contributed by atoms with Crippen LogP contribution in [0.5, 0.6) is 0 Å². The number of rotatable bonds is 8. The van der Waals surface area contributed by atoms with Gasteiger partial charge in [0, 0.05) is 25.4 Å². The van der Waals surface area contributed by atoms with E-state index in [-0.39, 0.29) is 29.9 Å². The molecule has 0 fully saturated rings. The van der Waals surface area contributed by atoms with Crippen molar-refractivity contribution in [3.63, 3.8) is 0 Å². The molecule has 0 bridgehead atoms. The Morgan fingerprint density at radius 1 is 1.27 bits per heavy atom. The summed E-state index contributed by atoms with van der Waals surface area (Å²) in [6, 6.07) is 11.8. The van der Waals surface area contributed by atoms with Gasteiger partial charge in [0.05, 0.1) is 22.4 Å². The third kappa shape index (κ3) is 5.12. The third-order valence-electron chi connectivity index (χ3n) is 4.24. The number of allylic oxidation sites excluding steroid dienone is 1. The number of hydrogen-bond acceptors (Lipinski definition) is 4. The molecule has 0 unspecified atom stereocenters. The van der Waals surface area contributed by atoms with Gasteiger partial charge in [0.1, 0.15) is 0 Å². The van der Waals surface area contributed by atoms with Crippen LogP contribution in [0.15, 0.2) is 40.9 Å². The van der Waals surface area contributed by atoms with Crippen LogP contribution < -0.4 is 5.32 Å². The highest BCUT2D eigenvalue weighted by molar-refractivity contribution is 8.03. The first-order valence-electron chi connectivity index (χ1n) is 9.00. The molecule has 0 radical (unpaired) electrons. The summed E-state index contributed by atoms with van der Waals surface area (Å²) in [7, 11) is 0. The molecule has 2 rings (SSSR count). The Kier molecular flexibility index (Phi) is 7.73. The fraction of sp³-hybridized carbons (Fsp3) is 0.450. The molecule has 5 nitrogen and oxygen atoms in total. The zero-order chi connectivity index (χ0) is 18.9. The van der Waals surface area contributed by atoms with Gasteiger partial charge < -0.3 is 10.2 Å². The van der Waals surface area contributed by atoms with Crippen molar-refractivity contribution in [1.29, 1.82) is 5.26 Å². The second kappa shape index (κ2) is 10.0. The summed E-state index contributed by atoms with van der Waals surface area (Å²) in [5.41, 5.74) is 1.48. The Balaban J connectivity index is 2.17. The van der Waals surface area contributed by atoms with Gasteiger partial charge >= 0.3 is 0 Å². The quantitative estimate of drug-likeness (QED) is 0.760. The molecule has 1 heterocycles. The first-order chi connectivity index (χ1) is 12.6. The van der Waals surface area contributed by atoms with Crippen molar-refractivity contribution in [3.8, 4) is 6.07 Å². The molecule has 6 heteroatoms. The minimum Gasteiger partial charge on any atom is -0.342 e. The van der Waals surface area contributed by atoms with Crippen molar-refractivity contribution in [2.24, 2.45) is 0 Å². The van der Waals surface area contributed by atoms with E-state index in [1.54, 1.807) is 0 Å². The Bertz CT molecular complexity index is 704. The average Bonchev–Trinajstić information content (AvgIpc) is 2.66. The van der Waals surface area contributed by atoms with E-state index in [0.29, 0.717) is 10.6 Å². The Morgan fingerprint density at radius 2 is 1.92 bits per heavy atom. The molecular weight excluding hydrogens is 346 g/mol. The summed E-state index contributed by atoms with van der Waals surface area (Å²) < 4.78 is 0. The SMILES string of the molecule is CCCN(CCC)C(=O)CSC1=C(C#N)[C@@H](c2ccccc2)CC(=O)N1. The molecule has 1 aliphatic rings. The van der Waals surface area contributed by atoms with Gasteiger partial charge in [-0.25, -0.2) is 0 Å². The summed E-state index contributed by atoms with van der Waals surface area (Å²) in [5.74, 6) is -0.108. The summed E-state index contributed by atoms with van der Waals surface area (Å²) in [6.07, 6.45) is 2.08. The monoisotopic (exact) mass is 371 g/mol. The zero-order valence-electron chi connectivity index (χ0n) is 15.3. The van der Waals surface area contributed by atoms with Gasteiger partial charge in [-0.2, -0.15) is 5.26 Å². The summed E-state index contributed by atoms with van der Waals surface area (Å²) in [6.45, 7) is 5.56. The first kappa shape index (κ1) is 20.1. The number of hydrogen-bond donors (Lipinski definition) is 1. The second-order valence-corrected chi connectivity index (χ2v) is 7.23. The maximum atomic E-state index is 12.5. The van der Waals surface area contributed by atoms with E-state index in [4.69, 9.17) is 0 Å². The van der Waals surface area contributed by atoms with E-state index in [0.717, 1.165) is 31.5 Å². The van der Waals surface area contributed by atoms with E-state index in [1.807, 2.05) is 49.1 Å². The molecule has 1 aromatic carbocycles. The Labute approximate surface area is 159 Å². The van der Waals surface area contributed by atoms with E-state index >= 15 is 0 Å². The van der Waals surface area contributed by atoms with Crippen LogP contribution in [-0.4, -0.2) is 35.6 Å². The lowest BCUT2D eigenvalue weighted by atomic mass is 9.87.